The lowest BCUT2D eigenvalue weighted by molar-refractivity contribution is 0.0525. The predicted octanol–water partition coefficient (Wildman–Crippen LogP) is 3.05. The standard InChI is InChI=1S/C10H14O2S/c1-4-12-10(11)8-5-6-13-9(8)7(2)3/h5-7H,4H2,1-3H3. The van der Waals surface area contributed by atoms with Gasteiger partial charge in [-0.25, -0.2) is 4.79 Å². The van der Waals surface area contributed by atoms with Crippen LogP contribution in [0.25, 0.3) is 0 Å². The highest BCUT2D eigenvalue weighted by Crippen LogP contribution is 2.25. The second-order valence-corrected chi connectivity index (χ2v) is 4.02. The molecular weight excluding hydrogens is 184 g/mol. The first-order chi connectivity index (χ1) is 6.16. The van der Waals surface area contributed by atoms with Crippen LogP contribution in [0.2, 0.25) is 0 Å². The first-order valence-electron chi connectivity index (χ1n) is 4.41. The molecule has 1 aromatic rings. The number of thiophene rings is 1. The van der Waals surface area contributed by atoms with Gasteiger partial charge >= 0.3 is 5.97 Å². The summed E-state index contributed by atoms with van der Waals surface area (Å²) in [6, 6.07) is 1.83. The zero-order valence-electron chi connectivity index (χ0n) is 8.16. The largest absolute Gasteiger partial charge is 0.462 e. The first-order valence-corrected chi connectivity index (χ1v) is 5.29. The number of hydrogen-bond acceptors (Lipinski definition) is 3. The van der Waals surface area contributed by atoms with E-state index in [0.717, 1.165) is 10.4 Å². The molecule has 0 atom stereocenters. The third-order valence-electron chi connectivity index (χ3n) is 1.71. The Balaban J connectivity index is 2.87. The van der Waals surface area contributed by atoms with Crippen LogP contribution in [0, 0.1) is 0 Å². The van der Waals surface area contributed by atoms with Crippen LogP contribution in [0.3, 0.4) is 0 Å². The summed E-state index contributed by atoms with van der Waals surface area (Å²) in [5.74, 6) is 0.187. The number of hydrogen-bond donors (Lipinski definition) is 0. The number of esters is 1. The van der Waals surface area contributed by atoms with E-state index in [9.17, 15) is 4.79 Å². The van der Waals surface area contributed by atoms with Crippen molar-refractivity contribution in [1.29, 1.82) is 0 Å². The van der Waals surface area contributed by atoms with Crippen molar-refractivity contribution in [2.24, 2.45) is 0 Å². The van der Waals surface area contributed by atoms with Crippen molar-refractivity contribution < 1.29 is 9.53 Å². The molecule has 0 aliphatic rings. The van der Waals surface area contributed by atoms with Crippen LogP contribution >= 0.6 is 11.3 Å². The highest BCUT2D eigenvalue weighted by molar-refractivity contribution is 7.10. The normalized spacial score (nSPS) is 10.5. The zero-order chi connectivity index (χ0) is 9.84. The molecule has 0 radical (unpaired) electrons. The molecule has 0 saturated carbocycles. The number of carbonyl (C=O) groups is 1. The molecule has 13 heavy (non-hydrogen) atoms. The molecule has 0 fully saturated rings. The summed E-state index contributed by atoms with van der Waals surface area (Å²) in [5.41, 5.74) is 0.724. The monoisotopic (exact) mass is 198 g/mol. The summed E-state index contributed by atoms with van der Waals surface area (Å²) in [5, 5.41) is 1.93. The van der Waals surface area contributed by atoms with Crippen molar-refractivity contribution in [3.05, 3.63) is 21.9 Å². The molecule has 0 N–H and O–H groups in total. The average Bonchev–Trinajstić information content (AvgIpc) is 2.52. The van der Waals surface area contributed by atoms with Gasteiger partial charge in [0.15, 0.2) is 0 Å². The summed E-state index contributed by atoms with van der Waals surface area (Å²) in [4.78, 5) is 12.5. The molecule has 2 nitrogen and oxygen atoms in total. The average molecular weight is 198 g/mol. The Morgan fingerprint density at radius 1 is 1.62 bits per heavy atom. The van der Waals surface area contributed by atoms with Crippen LogP contribution in [0.15, 0.2) is 11.4 Å². The lowest BCUT2D eigenvalue weighted by Gasteiger charge is -2.05. The SMILES string of the molecule is CCOC(=O)c1ccsc1C(C)C. The van der Waals surface area contributed by atoms with E-state index in [2.05, 4.69) is 13.8 Å². The fourth-order valence-electron chi connectivity index (χ4n) is 1.15. The van der Waals surface area contributed by atoms with Gasteiger partial charge < -0.3 is 4.74 Å². The molecule has 0 spiro atoms. The zero-order valence-corrected chi connectivity index (χ0v) is 8.98. The summed E-state index contributed by atoms with van der Waals surface area (Å²) < 4.78 is 4.94. The summed E-state index contributed by atoms with van der Waals surface area (Å²) in [6.07, 6.45) is 0. The van der Waals surface area contributed by atoms with E-state index in [4.69, 9.17) is 4.74 Å². The number of ether oxygens (including phenoxy) is 1. The minimum atomic E-state index is -0.201. The molecule has 72 valence electrons. The van der Waals surface area contributed by atoms with Crippen LogP contribution < -0.4 is 0 Å². The van der Waals surface area contributed by atoms with Gasteiger partial charge in [-0.15, -0.1) is 11.3 Å². The van der Waals surface area contributed by atoms with Gasteiger partial charge in [0.05, 0.1) is 12.2 Å². The molecule has 0 bridgehead atoms. The van der Waals surface area contributed by atoms with E-state index in [1.807, 2.05) is 18.4 Å². The lowest BCUT2D eigenvalue weighted by atomic mass is 10.1. The minimum Gasteiger partial charge on any atom is -0.462 e. The fraction of sp³-hybridized carbons (Fsp3) is 0.500. The summed E-state index contributed by atoms with van der Waals surface area (Å²) in [6.45, 7) is 6.41. The minimum absolute atomic E-state index is 0.201. The Morgan fingerprint density at radius 3 is 2.85 bits per heavy atom. The molecule has 0 aliphatic heterocycles. The third kappa shape index (κ3) is 2.31. The van der Waals surface area contributed by atoms with Gasteiger partial charge in [0.25, 0.3) is 0 Å². The van der Waals surface area contributed by atoms with Gasteiger partial charge in [-0.3, -0.25) is 0 Å². The van der Waals surface area contributed by atoms with Gasteiger partial charge in [0.2, 0.25) is 0 Å². The summed E-state index contributed by atoms with van der Waals surface area (Å²) in [7, 11) is 0. The molecular formula is C10H14O2S. The molecule has 1 rings (SSSR count). The molecule has 0 amide bonds. The van der Waals surface area contributed by atoms with E-state index >= 15 is 0 Å². The smallest absolute Gasteiger partial charge is 0.339 e. The second-order valence-electron chi connectivity index (χ2n) is 3.07. The fourth-order valence-corrected chi connectivity index (χ4v) is 2.05. The topological polar surface area (TPSA) is 26.3 Å². The highest BCUT2D eigenvalue weighted by atomic mass is 32.1. The maximum atomic E-state index is 11.4. The van der Waals surface area contributed by atoms with Crippen LogP contribution in [0.5, 0.6) is 0 Å². The molecule has 3 heteroatoms. The van der Waals surface area contributed by atoms with Crippen molar-refractivity contribution in [3.8, 4) is 0 Å². The summed E-state index contributed by atoms with van der Waals surface area (Å²) >= 11 is 1.61. The van der Waals surface area contributed by atoms with Crippen LogP contribution in [0.1, 0.15) is 41.9 Å². The highest BCUT2D eigenvalue weighted by Gasteiger charge is 2.15. The Labute approximate surface area is 82.5 Å². The van der Waals surface area contributed by atoms with Crippen molar-refractivity contribution in [2.75, 3.05) is 6.61 Å². The Bertz CT molecular complexity index is 289. The quantitative estimate of drug-likeness (QED) is 0.698. The van der Waals surface area contributed by atoms with E-state index in [-0.39, 0.29) is 5.97 Å². The third-order valence-corrected chi connectivity index (χ3v) is 2.93. The second kappa shape index (κ2) is 4.42. The van der Waals surface area contributed by atoms with Gasteiger partial charge in [-0.1, -0.05) is 13.8 Å². The van der Waals surface area contributed by atoms with Gasteiger partial charge in [-0.2, -0.15) is 0 Å². The van der Waals surface area contributed by atoms with Crippen molar-refractivity contribution >= 4 is 17.3 Å². The van der Waals surface area contributed by atoms with Crippen molar-refractivity contribution in [1.82, 2.24) is 0 Å². The first kappa shape index (κ1) is 10.3. The van der Waals surface area contributed by atoms with Gasteiger partial charge in [0.1, 0.15) is 0 Å². The molecule has 0 aliphatic carbocycles. The van der Waals surface area contributed by atoms with E-state index < -0.39 is 0 Å². The van der Waals surface area contributed by atoms with Crippen LogP contribution in [0.4, 0.5) is 0 Å². The van der Waals surface area contributed by atoms with E-state index in [1.165, 1.54) is 0 Å². The molecule has 0 unspecified atom stereocenters. The Morgan fingerprint density at radius 2 is 2.31 bits per heavy atom. The molecule has 0 aromatic carbocycles. The maximum Gasteiger partial charge on any atom is 0.339 e. The van der Waals surface area contributed by atoms with Crippen LogP contribution in [-0.2, 0) is 4.74 Å². The van der Waals surface area contributed by atoms with Gasteiger partial charge in [-0.05, 0) is 24.3 Å². The Kier molecular flexibility index (Phi) is 3.48. The molecule has 0 saturated heterocycles. The maximum absolute atomic E-state index is 11.4. The Hall–Kier alpha value is -0.830. The number of carbonyl (C=O) groups excluding carboxylic acids is 1. The molecule has 1 heterocycles. The van der Waals surface area contributed by atoms with E-state index in [0.29, 0.717) is 12.5 Å². The van der Waals surface area contributed by atoms with Crippen molar-refractivity contribution in [2.45, 2.75) is 26.7 Å². The lowest BCUT2D eigenvalue weighted by Crippen LogP contribution is -2.06. The van der Waals surface area contributed by atoms with E-state index in [1.54, 1.807) is 11.3 Å². The van der Waals surface area contributed by atoms with Gasteiger partial charge in [0, 0.05) is 4.88 Å². The van der Waals surface area contributed by atoms with Crippen molar-refractivity contribution in [3.63, 3.8) is 0 Å². The predicted molar refractivity (Wildman–Crippen MR) is 54.4 cm³/mol. The van der Waals surface area contributed by atoms with Crippen LogP contribution in [-0.4, -0.2) is 12.6 Å². The number of rotatable bonds is 3. The molecule has 1 aromatic heterocycles.